The van der Waals surface area contributed by atoms with Gasteiger partial charge in [0.2, 0.25) is 11.8 Å². The smallest absolute Gasteiger partial charge is 0.223 e. The number of rotatable bonds is 15. The van der Waals surface area contributed by atoms with Gasteiger partial charge in [-0.25, -0.2) is 0 Å². The minimum absolute atomic E-state index is 0.00856. The summed E-state index contributed by atoms with van der Waals surface area (Å²) in [7, 11) is 1.92. The van der Waals surface area contributed by atoms with E-state index in [4.69, 9.17) is 0 Å². The largest absolute Gasteiger partial charge is 0.356 e. The van der Waals surface area contributed by atoms with Gasteiger partial charge >= 0.3 is 0 Å². The first kappa shape index (κ1) is 23.6. The van der Waals surface area contributed by atoms with Crippen molar-refractivity contribution in [2.24, 2.45) is 5.92 Å². The maximum absolute atomic E-state index is 12.2. The number of carbonyl (C=O) groups excluding carboxylic acids is 3. The standard InChI is InChI=1S/C19H37N3O3/c1-5-10-18(24)21-14-9-7-12-17(16(3)23)22-19(25)15(2)11-6-8-13-20-4/h15,17,20H,5-14H2,1-4H3,(H,21,24)(H,22,25). The SMILES string of the molecule is CCCC(=O)NCCCCC(NC(=O)C(C)CCCCNC)C(C)=O. The van der Waals surface area contributed by atoms with E-state index in [1.807, 2.05) is 20.9 Å². The van der Waals surface area contributed by atoms with Crippen molar-refractivity contribution in [2.45, 2.75) is 78.2 Å². The second-order valence-corrected chi connectivity index (χ2v) is 6.77. The Labute approximate surface area is 152 Å². The second-order valence-electron chi connectivity index (χ2n) is 6.77. The van der Waals surface area contributed by atoms with Crippen LogP contribution in [0.25, 0.3) is 0 Å². The molecule has 0 aliphatic rings. The number of nitrogens with one attached hydrogen (secondary N) is 3. The fraction of sp³-hybridized carbons (Fsp3) is 0.842. The van der Waals surface area contributed by atoms with Crippen LogP contribution in [0.5, 0.6) is 0 Å². The van der Waals surface area contributed by atoms with Gasteiger partial charge in [-0.15, -0.1) is 0 Å². The molecule has 0 aliphatic heterocycles. The maximum Gasteiger partial charge on any atom is 0.223 e. The molecule has 0 radical (unpaired) electrons. The van der Waals surface area contributed by atoms with E-state index >= 15 is 0 Å². The summed E-state index contributed by atoms with van der Waals surface area (Å²) in [5.74, 6) is -0.0512. The molecule has 0 rings (SSSR count). The van der Waals surface area contributed by atoms with Crippen molar-refractivity contribution in [1.29, 1.82) is 0 Å². The number of Topliss-reactive ketones (excluding diaryl/α,β-unsaturated/α-hetero) is 1. The Kier molecular flexibility index (Phi) is 14.0. The number of hydrogen-bond donors (Lipinski definition) is 3. The third-order valence-electron chi connectivity index (χ3n) is 4.29. The fourth-order valence-electron chi connectivity index (χ4n) is 2.59. The Hall–Kier alpha value is -1.43. The summed E-state index contributed by atoms with van der Waals surface area (Å²) >= 11 is 0. The van der Waals surface area contributed by atoms with Crippen LogP contribution >= 0.6 is 0 Å². The lowest BCUT2D eigenvalue weighted by atomic mass is 10.0. The molecule has 2 atom stereocenters. The molecule has 0 spiro atoms. The van der Waals surface area contributed by atoms with Gasteiger partial charge in [-0.2, -0.15) is 0 Å². The van der Waals surface area contributed by atoms with E-state index in [1.54, 1.807) is 0 Å². The van der Waals surface area contributed by atoms with Crippen LogP contribution in [0.1, 0.15) is 72.1 Å². The summed E-state index contributed by atoms with van der Waals surface area (Å²) in [6, 6.07) is -0.418. The predicted octanol–water partition coefficient (Wildman–Crippen LogP) is 2.17. The molecule has 3 N–H and O–H groups in total. The van der Waals surface area contributed by atoms with Gasteiger partial charge in [-0.3, -0.25) is 14.4 Å². The topological polar surface area (TPSA) is 87.3 Å². The molecule has 0 aromatic heterocycles. The number of ketones is 1. The average Bonchev–Trinajstić information content (AvgIpc) is 2.57. The summed E-state index contributed by atoms with van der Waals surface area (Å²) in [4.78, 5) is 35.4. The molecule has 0 heterocycles. The average molecular weight is 356 g/mol. The van der Waals surface area contributed by atoms with Crippen molar-refractivity contribution >= 4 is 17.6 Å². The summed E-state index contributed by atoms with van der Waals surface area (Å²) in [6.45, 7) is 6.99. The molecule has 2 amide bonds. The first-order chi connectivity index (χ1) is 11.9. The molecule has 0 aromatic carbocycles. The van der Waals surface area contributed by atoms with Crippen molar-refractivity contribution in [3.05, 3.63) is 0 Å². The number of unbranched alkanes of at least 4 members (excludes halogenated alkanes) is 2. The number of carbonyl (C=O) groups is 3. The van der Waals surface area contributed by atoms with Crippen molar-refractivity contribution in [1.82, 2.24) is 16.0 Å². The van der Waals surface area contributed by atoms with E-state index < -0.39 is 6.04 Å². The molecule has 0 aliphatic carbocycles. The molecule has 0 bridgehead atoms. The Morgan fingerprint density at radius 3 is 2.20 bits per heavy atom. The van der Waals surface area contributed by atoms with Gasteiger partial charge in [0.15, 0.2) is 5.78 Å². The van der Waals surface area contributed by atoms with E-state index in [-0.39, 0.29) is 23.5 Å². The second kappa shape index (κ2) is 14.9. The van der Waals surface area contributed by atoms with Gasteiger partial charge in [-0.05, 0) is 59.0 Å². The Morgan fingerprint density at radius 1 is 0.960 bits per heavy atom. The summed E-state index contributed by atoms with van der Waals surface area (Å²) in [6.07, 6.45) is 6.52. The molecular weight excluding hydrogens is 318 g/mol. The molecule has 6 heteroatoms. The molecule has 25 heavy (non-hydrogen) atoms. The van der Waals surface area contributed by atoms with Crippen molar-refractivity contribution in [3.63, 3.8) is 0 Å². The quantitative estimate of drug-likeness (QED) is 0.393. The lowest BCUT2D eigenvalue weighted by molar-refractivity contribution is -0.129. The molecule has 0 fully saturated rings. The Bertz CT molecular complexity index is 399. The van der Waals surface area contributed by atoms with Crippen LogP contribution in [-0.2, 0) is 14.4 Å². The van der Waals surface area contributed by atoms with Crippen LogP contribution in [0.3, 0.4) is 0 Å². The minimum Gasteiger partial charge on any atom is -0.356 e. The molecule has 0 aromatic rings. The minimum atomic E-state index is -0.418. The molecule has 2 unspecified atom stereocenters. The fourth-order valence-corrected chi connectivity index (χ4v) is 2.59. The zero-order valence-corrected chi connectivity index (χ0v) is 16.5. The normalized spacial score (nSPS) is 13.1. The molecule has 6 nitrogen and oxygen atoms in total. The number of hydrogen-bond acceptors (Lipinski definition) is 4. The van der Waals surface area contributed by atoms with Crippen LogP contribution < -0.4 is 16.0 Å². The van der Waals surface area contributed by atoms with Crippen LogP contribution in [0.2, 0.25) is 0 Å². The van der Waals surface area contributed by atoms with Crippen LogP contribution in [0.4, 0.5) is 0 Å². The lowest BCUT2D eigenvalue weighted by Crippen LogP contribution is -2.42. The predicted molar refractivity (Wildman–Crippen MR) is 101 cm³/mol. The highest BCUT2D eigenvalue weighted by molar-refractivity contribution is 5.88. The van der Waals surface area contributed by atoms with Crippen LogP contribution in [0, 0.1) is 5.92 Å². The zero-order chi connectivity index (χ0) is 19.1. The van der Waals surface area contributed by atoms with E-state index in [0.29, 0.717) is 19.4 Å². The van der Waals surface area contributed by atoms with Gasteiger partial charge in [0, 0.05) is 18.9 Å². The van der Waals surface area contributed by atoms with Crippen molar-refractivity contribution < 1.29 is 14.4 Å². The highest BCUT2D eigenvalue weighted by Crippen LogP contribution is 2.10. The van der Waals surface area contributed by atoms with E-state index in [1.165, 1.54) is 6.92 Å². The van der Waals surface area contributed by atoms with Gasteiger partial charge in [0.1, 0.15) is 0 Å². The highest BCUT2D eigenvalue weighted by atomic mass is 16.2. The molecule has 146 valence electrons. The third-order valence-corrected chi connectivity index (χ3v) is 4.29. The molecule has 0 saturated heterocycles. The van der Waals surface area contributed by atoms with Gasteiger partial charge in [0.05, 0.1) is 6.04 Å². The molecular formula is C19H37N3O3. The first-order valence-electron chi connectivity index (χ1n) is 9.64. The first-order valence-corrected chi connectivity index (χ1v) is 9.64. The van der Waals surface area contributed by atoms with Gasteiger partial charge in [0.25, 0.3) is 0 Å². The third kappa shape index (κ3) is 12.6. The summed E-state index contributed by atoms with van der Waals surface area (Å²) in [5, 5.41) is 8.84. The zero-order valence-electron chi connectivity index (χ0n) is 16.5. The summed E-state index contributed by atoms with van der Waals surface area (Å²) < 4.78 is 0. The number of amides is 2. The van der Waals surface area contributed by atoms with Crippen LogP contribution in [-0.4, -0.2) is 43.8 Å². The van der Waals surface area contributed by atoms with Gasteiger partial charge < -0.3 is 16.0 Å². The monoisotopic (exact) mass is 355 g/mol. The molecule has 0 saturated carbocycles. The Morgan fingerprint density at radius 2 is 1.60 bits per heavy atom. The van der Waals surface area contributed by atoms with Crippen LogP contribution in [0.15, 0.2) is 0 Å². The highest BCUT2D eigenvalue weighted by Gasteiger charge is 2.20. The summed E-state index contributed by atoms with van der Waals surface area (Å²) in [5.41, 5.74) is 0. The van der Waals surface area contributed by atoms with E-state index in [2.05, 4.69) is 16.0 Å². The van der Waals surface area contributed by atoms with E-state index in [9.17, 15) is 14.4 Å². The Balaban J connectivity index is 4.05. The lowest BCUT2D eigenvalue weighted by Gasteiger charge is -2.19. The maximum atomic E-state index is 12.2. The van der Waals surface area contributed by atoms with Crippen molar-refractivity contribution in [2.75, 3.05) is 20.1 Å². The van der Waals surface area contributed by atoms with Gasteiger partial charge in [-0.1, -0.05) is 20.3 Å². The van der Waals surface area contributed by atoms with E-state index in [0.717, 1.165) is 45.1 Å². The van der Waals surface area contributed by atoms with Crippen molar-refractivity contribution in [3.8, 4) is 0 Å².